The van der Waals surface area contributed by atoms with Gasteiger partial charge in [0.25, 0.3) is 5.91 Å². The number of amides is 4. The minimum Gasteiger partial charge on any atom is -0.453 e. The Bertz CT molecular complexity index is 2390. The number of nitrogens with one attached hydrogen (secondary N) is 4. The summed E-state index contributed by atoms with van der Waals surface area (Å²) in [5.74, 6) is 0.626. The number of aromatic amines is 2. The highest BCUT2D eigenvalue weighted by Crippen LogP contribution is 2.34. The third-order valence-electron chi connectivity index (χ3n) is 10.4. The lowest BCUT2D eigenvalue weighted by molar-refractivity contribution is -0.135. The predicted octanol–water partition coefficient (Wildman–Crippen LogP) is 6.30. The van der Waals surface area contributed by atoms with E-state index in [4.69, 9.17) is 9.47 Å². The lowest BCUT2D eigenvalue weighted by Crippen LogP contribution is -2.42. The van der Waals surface area contributed by atoms with Crippen molar-refractivity contribution in [2.45, 2.75) is 43.9 Å². The summed E-state index contributed by atoms with van der Waals surface area (Å²) in [6.45, 7) is 2.38. The molecule has 1 aliphatic rings. The fraction of sp³-hybridized carbons (Fsp3) is 0.256. The number of likely N-dealkylation sites (tertiary alicyclic amines) is 1. The van der Waals surface area contributed by atoms with E-state index >= 15 is 0 Å². The van der Waals surface area contributed by atoms with Gasteiger partial charge < -0.3 is 39.9 Å². The fourth-order valence-electron chi connectivity index (χ4n) is 7.05. The number of carbonyl (C=O) groups is 4. The highest BCUT2D eigenvalue weighted by atomic mass is 16.5. The minimum atomic E-state index is -0.940. The summed E-state index contributed by atoms with van der Waals surface area (Å²) in [4.78, 5) is 80.3. The number of benzene rings is 3. The summed E-state index contributed by atoms with van der Waals surface area (Å²) < 4.78 is 9.58. The Morgan fingerprint density at radius 3 is 1.92 bits per heavy atom. The molecular weight excluding hydrogens is 753 g/mol. The van der Waals surface area contributed by atoms with Gasteiger partial charge in [0.2, 0.25) is 5.91 Å². The number of likely N-dealkylation sites (N-methyl/N-ethyl adjacent to an activating group) is 1. The van der Waals surface area contributed by atoms with Crippen molar-refractivity contribution >= 4 is 24.0 Å². The van der Waals surface area contributed by atoms with E-state index in [0.29, 0.717) is 52.8 Å². The zero-order valence-corrected chi connectivity index (χ0v) is 33.0. The highest BCUT2D eigenvalue weighted by Gasteiger charge is 2.37. The smallest absolute Gasteiger partial charge is 0.407 e. The lowest BCUT2D eigenvalue weighted by Gasteiger charge is -2.28. The summed E-state index contributed by atoms with van der Waals surface area (Å²) in [7, 11) is 4.18. The van der Waals surface area contributed by atoms with E-state index in [1.807, 2.05) is 55.5 Å². The molecule has 0 aliphatic carbocycles. The van der Waals surface area contributed by atoms with Crippen molar-refractivity contribution in [3.8, 4) is 33.9 Å². The van der Waals surface area contributed by atoms with Crippen LogP contribution >= 0.6 is 0 Å². The van der Waals surface area contributed by atoms with Crippen molar-refractivity contribution in [2.75, 3.05) is 27.8 Å². The van der Waals surface area contributed by atoms with Gasteiger partial charge in [-0.25, -0.2) is 19.6 Å². The van der Waals surface area contributed by atoms with Crippen LogP contribution in [-0.4, -0.2) is 91.5 Å². The molecule has 1 fully saturated rings. The Morgan fingerprint density at radius 2 is 1.29 bits per heavy atom. The topological polar surface area (TPSA) is 200 Å². The van der Waals surface area contributed by atoms with Gasteiger partial charge in [-0.05, 0) is 36.5 Å². The Balaban J connectivity index is 1.00. The van der Waals surface area contributed by atoms with Gasteiger partial charge in [-0.1, -0.05) is 84.9 Å². The number of methoxy groups -OCH3 is 2. The summed E-state index contributed by atoms with van der Waals surface area (Å²) in [6.07, 6.45) is 6.86. The van der Waals surface area contributed by atoms with Crippen LogP contribution in [0.2, 0.25) is 0 Å². The van der Waals surface area contributed by atoms with Gasteiger partial charge in [-0.2, -0.15) is 0 Å². The molecule has 4 heterocycles. The second kappa shape index (κ2) is 17.8. The monoisotopic (exact) mass is 796 g/mol. The Hall–Kier alpha value is -7.36. The Labute approximate surface area is 340 Å². The van der Waals surface area contributed by atoms with Crippen molar-refractivity contribution in [3.63, 3.8) is 0 Å². The molecule has 0 unspecified atom stereocenters. The SMILES string of the molecule is COC(=O)N[C@@H](C(=O)N(C)[C@@H](C)c1ncc(-c2ccc(-c3cnc(-c4cnc([C@@H]5CCCN5C(=O)[C@H](NC(=O)OC)c5ccccc5)[nH]4)cn3)cc2)[nH]1)c1ccccc1. The second-order valence-electron chi connectivity index (χ2n) is 14.0. The molecule has 0 saturated carbocycles. The third-order valence-corrected chi connectivity index (χ3v) is 10.4. The van der Waals surface area contributed by atoms with Gasteiger partial charge in [0.05, 0.1) is 68.2 Å². The maximum absolute atomic E-state index is 13.9. The van der Waals surface area contributed by atoms with E-state index in [0.717, 1.165) is 23.2 Å². The first-order chi connectivity index (χ1) is 28.6. The molecule has 7 rings (SSSR count). The molecule has 16 heteroatoms. The molecule has 0 bridgehead atoms. The number of nitrogens with zero attached hydrogens (tertiary/aromatic N) is 6. The number of ether oxygens (including phenoxy) is 2. The first-order valence-electron chi connectivity index (χ1n) is 19.0. The number of alkyl carbamates (subject to hydrolysis) is 2. The first-order valence-corrected chi connectivity index (χ1v) is 19.0. The second-order valence-corrected chi connectivity index (χ2v) is 14.0. The molecule has 6 aromatic rings. The fourth-order valence-corrected chi connectivity index (χ4v) is 7.05. The number of hydrogen-bond acceptors (Lipinski definition) is 10. The average molecular weight is 797 g/mol. The molecule has 1 saturated heterocycles. The molecule has 4 amide bonds. The van der Waals surface area contributed by atoms with Crippen LogP contribution in [0, 0.1) is 0 Å². The van der Waals surface area contributed by atoms with E-state index in [-0.39, 0.29) is 17.9 Å². The van der Waals surface area contributed by atoms with E-state index < -0.39 is 30.3 Å². The minimum absolute atomic E-state index is 0.247. The highest BCUT2D eigenvalue weighted by molar-refractivity contribution is 5.88. The van der Waals surface area contributed by atoms with Crippen LogP contribution in [0.15, 0.2) is 110 Å². The van der Waals surface area contributed by atoms with Crippen molar-refractivity contribution in [2.24, 2.45) is 0 Å². The third kappa shape index (κ3) is 8.81. The van der Waals surface area contributed by atoms with Crippen LogP contribution in [0.1, 0.15) is 66.7 Å². The standard InChI is InChI=1S/C43H44N10O6/c1-26(52(2)40(54)36(50-42(56)58-3)29-12-7-5-8-13-29)38-46-23-32(48-38)28-19-17-27(18-20-28)31-22-45-33(24-44-31)34-25-47-39(49-34)35-16-11-21-53(35)41(55)37(51-43(57)59-4)30-14-9-6-10-15-30/h5-10,12-15,17-20,22-26,35-37H,11,16,21H2,1-4H3,(H,46,48)(H,47,49)(H,50,56)(H,51,57)/t26-,35-,36+,37+/m0/s1. The van der Waals surface area contributed by atoms with Gasteiger partial charge in [0.1, 0.15) is 29.4 Å². The largest absolute Gasteiger partial charge is 0.453 e. The van der Waals surface area contributed by atoms with Crippen LogP contribution in [0.5, 0.6) is 0 Å². The molecule has 4 N–H and O–H groups in total. The maximum atomic E-state index is 13.9. The van der Waals surface area contributed by atoms with Crippen LogP contribution < -0.4 is 10.6 Å². The average Bonchev–Trinajstić information content (AvgIpc) is 4.09. The molecule has 1 aliphatic heterocycles. The van der Waals surface area contributed by atoms with Crippen molar-refractivity contribution in [3.05, 3.63) is 132 Å². The Morgan fingerprint density at radius 1 is 0.712 bits per heavy atom. The van der Waals surface area contributed by atoms with Crippen LogP contribution in [0.3, 0.4) is 0 Å². The summed E-state index contributed by atoms with van der Waals surface area (Å²) in [5, 5.41) is 5.33. The molecular formula is C43H44N10O6. The van der Waals surface area contributed by atoms with Gasteiger partial charge in [-0.15, -0.1) is 0 Å². The molecule has 302 valence electrons. The molecule has 4 atom stereocenters. The zero-order valence-electron chi connectivity index (χ0n) is 33.0. The van der Waals surface area contributed by atoms with E-state index in [9.17, 15) is 19.2 Å². The maximum Gasteiger partial charge on any atom is 0.407 e. The first kappa shape index (κ1) is 39.9. The van der Waals surface area contributed by atoms with E-state index in [2.05, 4.69) is 40.5 Å². The molecule has 3 aromatic carbocycles. The molecule has 3 aromatic heterocycles. The number of H-pyrrole nitrogens is 2. The molecule has 0 spiro atoms. The number of aromatic nitrogens is 6. The summed E-state index contributed by atoms with van der Waals surface area (Å²) in [6, 6.07) is 23.2. The number of carbonyl (C=O) groups excluding carboxylic acids is 4. The van der Waals surface area contributed by atoms with E-state index in [1.54, 1.807) is 73.1 Å². The van der Waals surface area contributed by atoms with Crippen molar-refractivity contribution in [1.82, 2.24) is 50.3 Å². The number of hydrogen-bond donors (Lipinski definition) is 4. The van der Waals surface area contributed by atoms with Crippen molar-refractivity contribution in [1.29, 1.82) is 0 Å². The van der Waals surface area contributed by atoms with Crippen LogP contribution in [-0.2, 0) is 19.1 Å². The van der Waals surface area contributed by atoms with Crippen molar-refractivity contribution < 1.29 is 28.7 Å². The summed E-state index contributed by atoms with van der Waals surface area (Å²) in [5.41, 5.74) is 5.71. The molecule has 0 radical (unpaired) electrons. The zero-order chi connectivity index (χ0) is 41.5. The Kier molecular flexibility index (Phi) is 12.1. The van der Waals surface area contributed by atoms with Gasteiger partial charge in [0.15, 0.2) is 0 Å². The van der Waals surface area contributed by atoms with Gasteiger partial charge in [-0.3, -0.25) is 19.6 Å². The van der Waals surface area contributed by atoms with Crippen LogP contribution in [0.4, 0.5) is 9.59 Å². The summed E-state index contributed by atoms with van der Waals surface area (Å²) >= 11 is 0. The van der Waals surface area contributed by atoms with Crippen LogP contribution in [0.25, 0.3) is 33.9 Å². The molecule has 59 heavy (non-hydrogen) atoms. The molecule has 16 nitrogen and oxygen atoms in total. The normalized spacial score (nSPS) is 15.1. The lowest BCUT2D eigenvalue weighted by atomic mass is 10.1. The quantitative estimate of drug-likeness (QED) is 0.109. The van der Waals surface area contributed by atoms with E-state index in [1.165, 1.54) is 19.1 Å². The number of rotatable bonds is 12. The van der Waals surface area contributed by atoms with Gasteiger partial charge in [0, 0.05) is 19.2 Å². The number of imidazole rings is 2. The van der Waals surface area contributed by atoms with Gasteiger partial charge >= 0.3 is 12.2 Å². The predicted molar refractivity (Wildman–Crippen MR) is 217 cm³/mol.